The molecule has 3 fully saturated rings. The van der Waals surface area contributed by atoms with Crippen molar-refractivity contribution in [3.05, 3.63) is 110 Å². The van der Waals surface area contributed by atoms with E-state index in [0.717, 1.165) is 99.4 Å². The quantitative estimate of drug-likeness (QED) is 0.168. The third-order valence-corrected chi connectivity index (χ3v) is 13.4. The summed E-state index contributed by atoms with van der Waals surface area (Å²) in [5.41, 5.74) is 8.85. The van der Waals surface area contributed by atoms with Gasteiger partial charge in [-0.3, -0.25) is 4.90 Å². The number of alkyl halides is 1. The van der Waals surface area contributed by atoms with Crippen molar-refractivity contribution in [2.75, 3.05) is 55.8 Å². The highest BCUT2D eigenvalue weighted by Crippen LogP contribution is 2.52. The van der Waals surface area contributed by atoms with Crippen molar-refractivity contribution in [1.29, 1.82) is 0 Å². The maximum Gasteiger partial charge on any atom is 0.318 e. The number of rotatable bonds is 9. The molecule has 3 saturated heterocycles. The van der Waals surface area contributed by atoms with Crippen LogP contribution in [0.5, 0.6) is 6.01 Å². The second kappa shape index (κ2) is 15.2. The molecular formula is C44H51BrFN5O3. The molecule has 0 N–H and O–H groups in total. The first kappa shape index (κ1) is 36.1. The highest BCUT2D eigenvalue weighted by molar-refractivity contribution is 9.10. The normalized spacial score (nSPS) is 25.2. The van der Waals surface area contributed by atoms with Gasteiger partial charge in [-0.15, -0.1) is 0 Å². The number of aromatic nitrogens is 2. The van der Waals surface area contributed by atoms with Crippen molar-refractivity contribution in [3.63, 3.8) is 0 Å². The molecular weight excluding hydrogens is 745 g/mol. The smallest absolute Gasteiger partial charge is 0.318 e. The van der Waals surface area contributed by atoms with Gasteiger partial charge in [-0.1, -0.05) is 60.7 Å². The molecule has 4 aromatic rings. The molecule has 1 aromatic heterocycles. The van der Waals surface area contributed by atoms with Gasteiger partial charge in [-0.05, 0) is 96.2 Å². The molecule has 0 saturated carbocycles. The van der Waals surface area contributed by atoms with E-state index in [-0.39, 0.29) is 5.54 Å². The monoisotopic (exact) mass is 795 g/mol. The summed E-state index contributed by atoms with van der Waals surface area (Å²) in [6.45, 7) is 9.09. The predicted molar refractivity (Wildman–Crippen MR) is 213 cm³/mol. The van der Waals surface area contributed by atoms with Crippen LogP contribution in [0.25, 0.3) is 0 Å². The highest BCUT2D eigenvalue weighted by Gasteiger charge is 2.50. The van der Waals surface area contributed by atoms with Gasteiger partial charge in [0, 0.05) is 67.8 Å². The summed E-state index contributed by atoms with van der Waals surface area (Å²) in [6.07, 6.45) is 6.26. The molecule has 3 aromatic carbocycles. The fourth-order valence-electron chi connectivity index (χ4n) is 9.92. The molecule has 9 rings (SSSR count). The van der Waals surface area contributed by atoms with Crippen LogP contribution in [0, 0.1) is 6.92 Å². The Bertz CT molecular complexity index is 1920. The zero-order chi connectivity index (χ0) is 36.7. The summed E-state index contributed by atoms with van der Waals surface area (Å²) in [6, 6.07) is 24.2. The van der Waals surface area contributed by atoms with Crippen LogP contribution in [-0.4, -0.2) is 72.6 Å². The zero-order valence-electron chi connectivity index (χ0n) is 31.4. The first-order chi connectivity index (χ1) is 26.4. The minimum Gasteiger partial charge on any atom is -0.461 e. The fraction of sp³-hybridized carbons (Fsp3) is 0.500. The molecule has 0 bridgehead atoms. The lowest BCUT2D eigenvalue weighted by Crippen LogP contribution is -2.44. The number of aryl methyl sites for hydroxylation is 1. The molecule has 1 spiro atoms. The van der Waals surface area contributed by atoms with Gasteiger partial charge in [0.25, 0.3) is 0 Å². The summed E-state index contributed by atoms with van der Waals surface area (Å²) < 4.78 is 35.4. The molecule has 5 heterocycles. The van der Waals surface area contributed by atoms with Crippen molar-refractivity contribution in [3.8, 4) is 6.01 Å². The maximum absolute atomic E-state index is 14.7. The Balaban J connectivity index is 1.10. The summed E-state index contributed by atoms with van der Waals surface area (Å²) in [4.78, 5) is 17.4. The summed E-state index contributed by atoms with van der Waals surface area (Å²) in [5, 5.41) is 0. The van der Waals surface area contributed by atoms with E-state index < -0.39 is 11.8 Å². The second-order valence-electron chi connectivity index (χ2n) is 16.1. The lowest BCUT2D eigenvalue weighted by atomic mass is 9.73. The van der Waals surface area contributed by atoms with E-state index in [1.807, 2.05) is 0 Å². The number of hydrogen-bond acceptors (Lipinski definition) is 8. The molecule has 4 aliphatic heterocycles. The largest absolute Gasteiger partial charge is 0.461 e. The van der Waals surface area contributed by atoms with Crippen molar-refractivity contribution in [1.82, 2.24) is 14.9 Å². The Kier molecular flexibility index (Phi) is 10.1. The lowest BCUT2D eigenvalue weighted by molar-refractivity contribution is -0.0861. The maximum atomic E-state index is 14.7. The van der Waals surface area contributed by atoms with Crippen molar-refractivity contribution in [2.24, 2.45) is 0 Å². The zero-order valence-corrected chi connectivity index (χ0v) is 33.0. The van der Waals surface area contributed by atoms with Gasteiger partial charge in [0.05, 0.1) is 30.1 Å². The number of ether oxygens (including phenoxy) is 3. The lowest BCUT2D eigenvalue weighted by Gasteiger charge is -2.44. The number of fused-ring (bicyclic) bond motifs is 4. The SMILES string of the molecule is Cc1cc(N(Cc2ccccc2)Cc2ccccc2)c(Br)c2c1CCCC21Cc2nc(OC[C@@]34CCCN3C[C@H](F)C4)nc(N3CCCOCC3)c2CO1. The van der Waals surface area contributed by atoms with Crippen molar-refractivity contribution < 1.29 is 18.6 Å². The highest BCUT2D eigenvalue weighted by atomic mass is 79.9. The molecule has 1 unspecified atom stereocenters. The second-order valence-corrected chi connectivity index (χ2v) is 16.9. The van der Waals surface area contributed by atoms with E-state index in [1.54, 1.807) is 0 Å². The molecule has 5 aliphatic rings. The van der Waals surface area contributed by atoms with Gasteiger partial charge in [0.2, 0.25) is 0 Å². The molecule has 284 valence electrons. The van der Waals surface area contributed by atoms with E-state index in [9.17, 15) is 4.39 Å². The molecule has 54 heavy (non-hydrogen) atoms. The molecule has 0 radical (unpaired) electrons. The van der Waals surface area contributed by atoms with Gasteiger partial charge in [-0.2, -0.15) is 9.97 Å². The summed E-state index contributed by atoms with van der Waals surface area (Å²) in [5.74, 6) is 0.892. The van der Waals surface area contributed by atoms with E-state index in [2.05, 4.69) is 104 Å². The number of halogens is 2. The summed E-state index contributed by atoms with van der Waals surface area (Å²) >= 11 is 4.24. The van der Waals surface area contributed by atoms with Gasteiger partial charge >= 0.3 is 6.01 Å². The molecule has 0 amide bonds. The average molecular weight is 797 g/mol. The molecule has 10 heteroatoms. The van der Waals surface area contributed by atoms with Crippen LogP contribution < -0.4 is 14.5 Å². The summed E-state index contributed by atoms with van der Waals surface area (Å²) in [7, 11) is 0. The van der Waals surface area contributed by atoms with Crippen LogP contribution in [0.2, 0.25) is 0 Å². The number of benzene rings is 3. The average Bonchev–Trinajstić information content (AvgIpc) is 3.57. The Morgan fingerprint density at radius 3 is 2.48 bits per heavy atom. The van der Waals surface area contributed by atoms with Gasteiger partial charge in [-0.25, -0.2) is 4.39 Å². The van der Waals surface area contributed by atoms with Crippen LogP contribution in [0.3, 0.4) is 0 Å². The van der Waals surface area contributed by atoms with E-state index in [0.29, 0.717) is 45.2 Å². The van der Waals surface area contributed by atoms with Gasteiger partial charge in [0.15, 0.2) is 0 Å². The van der Waals surface area contributed by atoms with E-state index in [4.69, 9.17) is 24.2 Å². The van der Waals surface area contributed by atoms with E-state index in [1.165, 1.54) is 33.5 Å². The molecule has 1 aliphatic carbocycles. The third-order valence-electron chi connectivity index (χ3n) is 12.6. The van der Waals surface area contributed by atoms with Crippen LogP contribution in [0.1, 0.15) is 77.6 Å². The number of hydrogen-bond donors (Lipinski definition) is 0. The predicted octanol–water partition coefficient (Wildman–Crippen LogP) is 8.24. The Labute approximate surface area is 327 Å². The van der Waals surface area contributed by atoms with Crippen LogP contribution >= 0.6 is 15.9 Å². The fourth-order valence-corrected chi connectivity index (χ4v) is 10.9. The first-order valence-electron chi connectivity index (χ1n) is 19.9. The Morgan fingerprint density at radius 2 is 1.70 bits per heavy atom. The van der Waals surface area contributed by atoms with E-state index >= 15 is 0 Å². The van der Waals surface area contributed by atoms with Crippen LogP contribution in [0.4, 0.5) is 15.9 Å². The van der Waals surface area contributed by atoms with Crippen molar-refractivity contribution >= 4 is 27.4 Å². The van der Waals surface area contributed by atoms with Crippen LogP contribution in [-0.2, 0) is 47.6 Å². The number of nitrogens with zero attached hydrogens (tertiary/aromatic N) is 5. The first-order valence-corrected chi connectivity index (χ1v) is 20.7. The Morgan fingerprint density at radius 1 is 0.926 bits per heavy atom. The van der Waals surface area contributed by atoms with Gasteiger partial charge < -0.3 is 24.0 Å². The minimum absolute atomic E-state index is 0.272. The van der Waals surface area contributed by atoms with Crippen LogP contribution in [0.15, 0.2) is 71.2 Å². The Hall–Kier alpha value is -3.57. The standard InChI is InChI=1S/C44H51BrFN5O3/c1-31-23-38(50(26-32-11-4-2-5-12-32)27-33-13-6-3-7-14-33)40(45)39-35(31)15-8-17-44(39)25-37-36(29-54-44)41(49-18-10-21-52-22-20-49)48-42(47-37)53-30-43-16-9-19-51(43)28-34(46)24-43/h2-7,11-14,23,34H,8-10,15-22,24-30H2,1H3/t34-,43+,44?/m1/s1. The molecule has 3 atom stereocenters. The van der Waals surface area contributed by atoms with Gasteiger partial charge in [0.1, 0.15) is 24.2 Å². The van der Waals surface area contributed by atoms with Crippen molar-refractivity contribution in [2.45, 2.75) is 95.3 Å². The topological polar surface area (TPSA) is 63.2 Å². The minimum atomic E-state index is -0.808. The number of anilines is 2. The molecule has 8 nitrogen and oxygen atoms in total. The third kappa shape index (κ3) is 6.92.